The number of fused-ring (bicyclic) bond motifs is 1. The van der Waals surface area contributed by atoms with Crippen molar-refractivity contribution in [1.82, 2.24) is 15.0 Å². The highest BCUT2D eigenvalue weighted by molar-refractivity contribution is 7.88. The Morgan fingerprint density at radius 2 is 1.83 bits per heavy atom. The number of carbonyl (C=O) groups is 2. The van der Waals surface area contributed by atoms with E-state index >= 15 is 0 Å². The Kier molecular flexibility index (Phi) is 8.60. The van der Waals surface area contributed by atoms with Gasteiger partial charge >= 0.3 is 5.97 Å². The lowest BCUT2D eigenvalue weighted by Crippen LogP contribution is -2.37. The van der Waals surface area contributed by atoms with Gasteiger partial charge in [-0.3, -0.25) is 14.4 Å². The molecular formula is C20H31N3O6S. The molecule has 0 bridgehead atoms. The summed E-state index contributed by atoms with van der Waals surface area (Å²) in [6.45, 7) is 1.60. The number of aromatic amines is 1. The Morgan fingerprint density at radius 1 is 1.17 bits per heavy atom. The number of aromatic nitrogens is 1. The summed E-state index contributed by atoms with van der Waals surface area (Å²) in [5, 5.41) is 11.6. The monoisotopic (exact) mass is 441 g/mol. The van der Waals surface area contributed by atoms with E-state index in [2.05, 4.69) is 15.0 Å². The van der Waals surface area contributed by atoms with Crippen molar-refractivity contribution >= 4 is 21.9 Å². The van der Waals surface area contributed by atoms with Gasteiger partial charge in [0.25, 0.3) is 11.5 Å². The highest BCUT2D eigenvalue weighted by Gasteiger charge is 2.24. The number of amides is 1. The fourth-order valence-corrected chi connectivity index (χ4v) is 4.19. The predicted molar refractivity (Wildman–Crippen MR) is 113 cm³/mol. The van der Waals surface area contributed by atoms with E-state index in [0.29, 0.717) is 18.4 Å². The minimum absolute atomic E-state index is 0.00580. The number of carboxylic acid groups (broad SMARTS) is 1. The van der Waals surface area contributed by atoms with Crippen LogP contribution in [-0.4, -0.2) is 49.7 Å². The highest BCUT2D eigenvalue weighted by Crippen LogP contribution is 2.24. The molecule has 0 fully saturated rings. The second-order valence-corrected chi connectivity index (χ2v) is 9.73. The van der Waals surface area contributed by atoms with E-state index in [0.717, 1.165) is 56.0 Å². The van der Waals surface area contributed by atoms with Crippen LogP contribution in [0.3, 0.4) is 0 Å². The molecule has 0 aliphatic heterocycles. The number of nitrogens with one attached hydrogen (secondary N) is 3. The molecule has 1 aromatic rings. The van der Waals surface area contributed by atoms with Crippen molar-refractivity contribution in [2.75, 3.05) is 19.3 Å². The van der Waals surface area contributed by atoms with E-state index < -0.39 is 33.4 Å². The van der Waals surface area contributed by atoms with Crippen LogP contribution in [0.5, 0.6) is 0 Å². The summed E-state index contributed by atoms with van der Waals surface area (Å²) in [5.74, 6) is -2.41. The number of hydrogen-bond acceptors (Lipinski definition) is 5. The summed E-state index contributed by atoms with van der Waals surface area (Å²) in [6.07, 6.45) is 7.45. The molecule has 1 aliphatic carbocycles. The Bertz CT molecular complexity index is 939. The molecule has 1 atom stereocenters. The molecule has 0 aromatic carbocycles. The van der Waals surface area contributed by atoms with Gasteiger partial charge in [-0.05, 0) is 49.7 Å². The fourth-order valence-electron chi connectivity index (χ4n) is 3.68. The molecule has 1 aliphatic rings. The van der Waals surface area contributed by atoms with E-state index in [1.54, 1.807) is 0 Å². The predicted octanol–water partition coefficient (Wildman–Crippen LogP) is 0.966. The molecule has 0 saturated carbocycles. The summed E-state index contributed by atoms with van der Waals surface area (Å²) in [7, 11) is -3.32. The third-order valence-electron chi connectivity index (χ3n) is 5.31. The molecule has 1 heterocycles. The number of aliphatic carboxylic acids is 1. The van der Waals surface area contributed by atoms with Crippen molar-refractivity contribution < 1.29 is 23.1 Å². The Morgan fingerprint density at radius 3 is 2.47 bits per heavy atom. The average Bonchev–Trinajstić information content (AvgIpc) is 2.63. The Balaban J connectivity index is 2.35. The quantitative estimate of drug-likeness (QED) is 0.420. The second kappa shape index (κ2) is 10.7. The van der Waals surface area contributed by atoms with Crippen molar-refractivity contribution in [3.63, 3.8) is 0 Å². The van der Waals surface area contributed by atoms with Gasteiger partial charge in [-0.25, -0.2) is 13.1 Å². The van der Waals surface area contributed by atoms with Crippen LogP contribution in [-0.2, 0) is 34.1 Å². The molecule has 1 aromatic heterocycles. The average molecular weight is 442 g/mol. The highest BCUT2D eigenvalue weighted by atomic mass is 32.2. The Hall–Kier alpha value is -2.20. The fraction of sp³-hybridized carbons (Fsp3) is 0.650. The summed E-state index contributed by atoms with van der Waals surface area (Å²) >= 11 is 0. The molecule has 0 saturated heterocycles. The van der Waals surface area contributed by atoms with Crippen LogP contribution in [0, 0.1) is 5.92 Å². The van der Waals surface area contributed by atoms with E-state index in [9.17, 15) is 22.8 Å². The lowest BCUT2D eigenvalue weighted by molar-refractivity contribution is -0.140. The van der Waals surface area contributed by atoms with E-state index in [4.69, 9.17) is 5.11 Å². The van der Waals surface area contributed by atoms with Crippen LogP contribution in [0.2, 0.25) is 0 Å². The summed E-state index contributed by atoms with van der Waals surface area (Å²) < 4.78 is 25.1. The van der Waals surface area contributed by atoms with Gasteiger partial charge in [0.15, 0.2) is 0 Å². The summed E-state index contributed by atoms with van der Waals surface area (Å²) in [4.78, 5) is 39.5. The van der Waals surface area contributed by atoms with Gasteiger partial charge in [-0.1, -0.05) is 19.8 Å². The maximum Gasteiger partial charge on any atom is 0.308 e. The molecule has 9 nitrogen and oxygen atoms in total. The number of aryl methyl sites for hydroxylation is 1. The molecule has 30 heavy (non-hydrogen) atoms. The van der Waals surface area contributed by atoms with Gasteiger partial charge in [-0.2, -0.15) is 0 Å². The number of sulfonamides is 1. The van der Waals surface area contributed by atoms with E-state index in [1.165, 1.54) is 6.92 Å². The second-order valence-electron chi connectivity index (χ2n) is 7.90. The lowest BCUT2D eigenvalue weighted by atomic mass is 9.89. The number of H-pyrrole nitrogens is 1. The lowest BCUT2D eigenvalue weighted by Gasteiger charge is -2.20. The maximum absolute atomic E-state index is 12.8. The van der Waals surface area contributed by atoms with Gasteiger partial charge in [0, 0.05) is 18.8 Å². The SMILES string of the molecule is CC(CNC(=O)c1c(CCCNS(C)(=O)=O)c2c([nH]c1=O)CCCCCC2)C(=O)O. The summed E-state index contributed by atoms with van der Waals surface area (Å²) in [5.41, 5.74) is 1.98. The van der Waals surface area contributed by atoms with Crippen molar-refractivity contribution in [1.29, 1.82) is 0 Å². The first-order valence-electron chi connectivity index (χ1n) is 10.3. The molecule has 1 amide bonds. The van der Waals surface area contributed by atoms with Crippen LogP contribution in [0.15, 0.2) is 4.79 Å². The third-order valence-corrected chi connectivity index (χ3v) is 6.04. The molecule has 168 valence electrons. The number of rotatable bonds is 9. The minimum Gasteiger partial charge on any atom is -0.481 e. The van der Waals surface area contributed by atoms with Crippen LogP contribution in [0.4, 0.5) is 0 Å². The third kappa shape index (κ3) is 6.94. The van der Waals surface area contributed by atoms with Gasteiger partial charge in [0.05, 0.1) is 12.2 Å². The molecule has 10 heteroatoms. The van der Waals surface area contributed by atoms with Gasteiger partial charge in [-0.15, -0.1) is 0 Å². The molecule has 0 radical (unpaired) electrons. The number of carboxylic acids is 1. The maximum atomic E-state index is 12.8. The van der Waals surface area contributed by atoms with Crippen LogP contribution in [0.1, 0.15) is 66.2 Å². The number of hydrogen-bond donors (Lipinski definition) is 4. The zero-order chi connectivity index (χ0) is 22.3. The standard InChI is InChI=1S/C20H31N3O6S/c1-13(20(26)27)12-21-18(24)17-15(9-7-11-22-30(2,28)29)14-8-5-3-4-6-10-16(14)23-19(17)25/h13,22H,3-12H2,1-2H3,(H,21,24)(H,23,25)(H,26,27). The topological polar surface area (TPSA) is 145 Å². The van der Waals surface area contributed by atoms with E-state index in [-0.39, 0.29) is 18.7 Å². The molecule has 1 unspecified atom stereocenters. The van der Waals surface area contributed by atoms with Crippen molar-refractivity contribution in [2.45, 2.75) is 58.3 Å². The van der Waals surface area contributed by atoms with Crippen LogP contribution >= 0.6 is 0 Å². The number of pyridine rings is 1. The summed E-state index contributed by atoms with van der Waals surface area (Å²) in [6, 6.07) is 0. The molecular weight excluding hydrogens is 410 g/mol. The van der Waals surface area contributed by atoms with E-state index in [1.807, 2.05) is 0 Å². The number of carbonyl (C=O) groups excluding carboxylic acids is 1. The van der Waals surface area contributed by atoms with Gasteiger partial charge in [0.2, 0.25) is 10.0 Å². The Labute approximate surface area is 176 Å². The largest absolute Gasteiger partial charge is 0.481 e. The van der Waals surface area contributed by atoms with Crippen molar-refractivity contribution in [2.24, 2.45) is 5.92 Å². The normalized spacial score (nSPS) is 15.5. The smallest absolute Gasteiger partial charge is 0.308 e. The molecule has 4 N–H and O–H groups in total. The minimum atomic E-state index is -3.32. The zero-order valence-electron chi connectivity index (χ0n) is 17.5. The first-order valence-corrected chi connectivity index (χ1v) is 12.2. The molecule has 2 rings (SSSR count). The van der Waals surface area contributed by atoms with Gasteiger partial charge < -0.3 is 15.4 Å². The first kappa shape index (κ1) is 24.1. The zero-order valence-corrected chi connectivity index (χ0v) is 18.4. The molecule has 0 spiro atoms. The first-order chi connectivity index (χ1) is 14.1. The van der Waals surface area contributed by atoms with Gasteiger partial charge in [0.1, 0.15) is 5.56 Å². The van der Waals surface area contributed by atoms with Crippen LogP contribution < -0.4 is 15.6 Å². The van der Waals surface area contributed by atoms with Crippen molar-refractivity contribution in [3.05, 3.63) is 32.7 Å². The van der Waals surface area contributed by atoms with Crippen molar-refractivity contribution in [3.8, 4) is 0 Å². The van der Waals surface area contributed by atoms with Crippen LogP contribution in [0.25, 0.3) is 0 Å².